The molecule has 0 unspecified atom stereocenters. The first-order valence-electron chi connectivity index (χ1n) is 7.59. The minimum atomic E-state index is -3.91. The molecule has 1 aliphatic rings. The summed E-state index contributed by atoms with van der Waals surface area (Å²) in [5.41, 5.74) is 0.699. The van der Waals surface area contributed by atoms with E-state index in [4.69, 9.17) is 0 Å². The molecule has 1 aliphatic carbocycles. The topological polar surface area (TPSA) is 92.3 Å². The number of halogens is 1. The Labute approximate surface area is 146 Å². The van der Waals surface area contributed by atoms with Crippen LogP contribution in [0.5, 0.6) is 0 Å². The second-order valence-electron chi connectivity index (χ2n) is 5.93. The fraction of sp³-hybridized carbons (Fsp3) is 0.250. The van der Waals surface area contributed by atoms with E-state index in [-0.39, 0.29) is 21.5 Å². The number of benzene rings is 2. The fourth-order valence-electron chi connectivity index (χ4n) is 2.23. The van der Waals surface area contributed by atoms with Gasteiger partial charge in [-0.25, -0.2) is 25.9 Å². The zero-order valence-electron chi connectivity index (χ0n) is 13.4. The van der Waals surface area contributed by atoms with Crippen molar-refractivity contribution in [3.05, 3.63) is 53.8 Å². The molecular weight excluding hydrogens is 367 g/mol. The minimum Gasteiger partial charge on any atom is -0.279 e. The van der Waals surface area contributed by atoms with E-state index in [2.05, 4.69) is 9.44 Å². The van der Waals surface area contributed by atoms with Gasteiger partial charge < -0.3 is 0 Å². The first kappa shape index (κ1) is 17.8. The molecule has 0 amide bonds. The van der Waals surface area contributed by atoms with Gasteiger partial charge in [-0.1, -0.05) is 0 Å². The highest BCUT2D eigenvalue weighted by molar-refractivity contribution is 7.92. The first-order valence-corrected chi connectivity index (χ1v) is 10.6. The third-order valence-electron chi connectivity index (χ3n) is 3.78. The molecule has 0 aromatic heterocycles. The number of rotatable bonds is 6. The van der Waals surface area contributed by atoms with Crippen LogP contribution in [0.15, 0.2) is 52.3 Å². The monoisotopic (exact) mass is 384 g/mol. The largest absolute Gasteiger partial charge is 0.279 e. The number of aryl methyl sites for hydroxylation is 1. The van der Waals surface area contributed by atoms with Crippen LogP contribution in [0.3, 0.4) is 0 Å². The maximum atomic E-state index is 13.1. The highest BCUT2D eigenvalue weighted by atomic mass is 32.2. The summed E-state index contributed by atoms with van der Waals surface area (Å²) in [6.07, 6.45) is 1.62. The van der Waals surface area contributed by atoms with Crippen molar-refractivity contribution in [2.24, 2.45) is 0 Å². The molecule has 1 saturated carbocycles. The normalized spacial score (nSPS) is 15.1. The fourth-order valence-corrected chi connectivity index (χ4v) is 4.67. The smallest absolute Gasteiger partial charge is 0.261 e. The molecule has 0 aliphatic heterocycles. The number of nitrogens with one attached hydrogen (secondary N) is 2. The lowest BCUT2D eigenvalue weighted by atomic mass is 10.2. The molecule has 134 valence electrons. The molecule has 2 aromatic carbocycles. The van der Waals surface area contributed by atoms with Crippen LogP contribution in [-0.2, 0) is 20.0 Å². The van der Waals surface area contributed by atoms with Crippen molar-refractivity contribution in [1.82, 2.24) is 4.72 Å². The Morgan fingerprint density at radius 2 is 1.48 bits per heavy atom. The third-order valence-corrected chi connectivity index (χ3v) is 6.69. The second kappa shape index (κ2) is 6.40. The summed E-state index contributed by atoms with van der Waals surface area (Å²) in [6.45, 7) is 1.58. The van der Waals surface area contributed by atoms with Crippen LogP contribution >= 0.6 is 0 Å². The predicted octanol–water partition coefficient (Wildman–Crippen LogP) is 2.38. The molecule has 0 spiro atoms. The SMILES string of the molecule is Cc1cc(F)ccc1NS(=O)(=O)c1ccc(S(=O)(=O)NC2CC2)cc1. The van der Waals surface area contributed by atoms with Crippen LogP contribution < -0.4 is 9.44 Å². The summed E-state index contributed by atoms with van der Waals surface area (Å²) in [5.74, 6) is -0.460. The average Bonchev–Trinajstić information content (AvgIpc) is 3.33. The van der Waals surface area contributed by atoms with Gasteiger partial charge in [0.15, 0.2) is 0 Å². The Balaban J connectivity index is 1.82. The van der Waals surface area contributed by atoms with Gasteiger partial charge in [0.2, 0.25) is 10.0 Å². The molecule has 25 heavy (non-hydrogen) atoms. The maximum Gasteiger partial charge on any atom is 0.261 e. The van der Waals surface area contributed by atoms with Gasteiger partial charge in [-0.3, -0.25) is 4.72 Å². The summed E-state index contributed by atoms with van der Waals surface area (Å²) >= 11 is 0. The van der Waals surface area contributed by atoms with Crippen molar-refractivity contribution in [2.45, 2.75) is 35.6 Å². The van der Waals surface area contributed by atoms with Crippen molar-refractivity contribution < 1.29 is 21.2 Å². The predicted molar refractivity (Wildman–Crippen MR) is 91.7 cm³/mol. The maximum absolute atomic E-state index is 13.1. The molecule has 0 bridgehead atoms. The van der Waals surface area contributed by atoms with Gasteiger partial charge in [0.25, 0.3) is 10.0 Å². The van der Waals surface area contributed by atoms with Gasteiger partial charge in [-0.2, -0.15) is 0 Å². The van der Waals surface area contributed by atoms with E-state index >= 15 is 0 Å². The molecule has 0 radical (unpaired) electrons. The van der Waals surface area contributed by atoms with Gasteiger partial charge in [0, 0.05) is 6.04 Å². The summed E-state index contributed by atoms with van der Waals surface area (Å²) in [4.78, 5) is -0.0714. The number of anilines is 1. The Morgan fingerprint density at radius 1 is 0.920 bits per heavy atom. The Hall–Kier alpha value is -1.97. The zero-order valence-corrected chi connectivity index (χ0v) is 15.0. The van der Waals surface area contributed by atoms with E-state index in [1.165, 1.54) is 36.4 Å². The van der Waals surface area contributed by atoms with Crippen LogP contribution in [-0.4, -0.2) is 22.9 Å². The van der Waals surface area contributed by atoms with Crippen LogP contribution in [0, 0.1) is 12.7 Å². The molecular formula is C16H17FN2O4S2. The van der Waals surface area contributed by atoms with Gasteiger partial charge in [-0.15, -0.1) is 0 Å². The number of sulfonamides is 2. The molecule has 6 nitrogen and oxygen atoms in total. The van der Waals surface area contributed by atoms with Crippen LogP contribution in [0.1, 0.15) is 18.4 Å². The highest BCUT2D eigenvalue weighted by Crippen LogP contribution is 2.24. The number of hydrogen-bond acceptors (Lipinski definition) is 4. The lowest BCUT2D eigenvalue weighted by molar-refractivity contribution is 0.580. The van der Waals surface area contributed by atoms with Crippen LogP contribution in [0.2, 0.25) is 0 Å². The Kier molecular flexibility index (Phi) is 4.56. The van der Waals surface area contributed by atoms with Crippen LogP contribution in [0.4, 0.5) is 10.1 Å². The van der Waals surface area contributed by atoms with Crippen molar-refractivity contribution in [1.29, 1.82) is 0 Å². The van der Waals surface area contributed by atoms with E-state index in [0.29, 0.717) is 5.56 Å². The highest BCUT2D eigenvalue weighted by Gasteiger charge is 2.28. The average molecular weight is 384 g/mol. The molecule has 9 heteroatoms. The lowest BCUT2D eigenvalue weighted by Crippen LogP contribution is -2.25. The summed E-state index contributed by atoms with van der Waals surface area (Å²) in [7, 11) is -7.55. The Bertz CT molecular complexity index is 999. The van der Waals surface area contributed by atoms with E-state index in [1.54, 1.807) is 6.92 Å². The first-order chi connectivity index (χ1) is 11.7. The number of hydrogen-bond donors (Lipinski definition) is 2. The molecule has 3 rings (SSSR count). The van der Waals surface area contributed by atoms with E-state index in [9.17, 15) is 21.2 Å². The minimum absolute atomic E-state index is 0.0105. The second-order valence-corrected chi connectivity index (χ2v) is 9.33. The molecule has 2 aromatic rings. The lowest BCUT2D eigenvalue weighted by Gasteiger charge is -2.11. The standard InChI is InChI=1S/C16H17FN2O4S2/c1-11-10-12(17)2-9-16(11)19-25(22,23)15-7-5-14(6-8-15)24(20,21)18-13-3-4-13/h2,5-10,13,18-19H,3-4H2,1H3. The molecule has 1 fully saturated rings. The summed E-state index contributed by atoms with van der Waals surface area (Å²) < 4.78 is 67.0. The summed E-state index contributed by atoms with van der Waals surface area (Å²) in [5, 5.41) is 0. The van der Waals surface area contributed by atoms with Gasteiger partial charge in [-0.05, 0) is 67.8 Å². The van der Waals surface area contributed by atoms with E-state index < -0.39 is 25.9 Å². The molecule has 0 heterocycles. The third kappa shape index (κ3) is 4.17. The van der Waals surface area contributed by atoms with Crippen molar-refractivity contribution in [3.63, 3.8) is 0 Å². The molecule has 0 saturated heterocycles. The van der Waals surface area contributed by atoms with Gasteiger partial charge >= 0.3 is 0 Å². The quantitative estimate of drug-likeness (QED) is 0.800. The van der Waals surface area contributed by atoms with Crippen molar-refractivity contribution in [3.8, 4) is 0 Å². The van der Waals surface area contributed by atoms with E-state index in [1.807, 2.05) is 0 Å². The van der Waals surface area contributed by atoms with E-state index in [0.717, 1.165) is 18.9 Å². The van der Waals surface area contributed by atoms with Gasteiger partial charge in [0.05, 0.1) is 15.5 Å². The van der Waals surface area contributed by atoms with Crippen LogP contribution in [0.25, 0.3) is 0 Å². The van der Waals surface area contributed by atoms with Crippen molar-refractivity contribution in [2.75, 3.05) is 4.72 Å². The van der Waals surface area contributed by atoms with Gasteiger partial charge in [0.1, 0.15) is 5.82 Å². The molecule has 0 atom stereocenters. The molecule has 2 N–H and O–H groups in total. The Morgan fingerprint density at radius 3 is 2.00 bits per heavy atom. The van der Waals surface area contributed by atoms with Crippen molar-refractivity contribution >= 4 is 25.7 Å². The summed E-state index contributed by atoms with van der Waals surface area (Å²) in [6, 6.07) is 8.62. The zero-order chi connectivity index (χ0) is 18.2.